The Kier molecular flexibility index (Phi) is 5.14. The number of nitrogens with zero attached hydrogens (tertiary/aromatic N) is 2. The van der Waals surface area contributed by atoms with Crippen molar-refractivity contribution in [3.05, 3.63) is 28.7 Å². The van der Waals surface area contributed by atoms with Crippen LogP contribution in [0.5, 0.6) is 0 Å². The SMILES string of the molecule is ClCCCN1CCN(c2cccc(Br)c2)CC1. The van der Waals surface area contributed by atoms with Crippen LogP contribution in [0.3, 0.4) is 0 Å². The molecular formula is C13H18BrClN2. The van der Waals surface area contributed by atoms with E-state index in [2.05, 4.69) is 50.0 Å². The average Bonchev–Trinajstić information content (AvgIpc) is 2.37. The summed E-state index contributed by atoms with van der Waals surface area (Å²) >= 11 is 9.24. The molecule has 0 radical (unpaired) electrons. The van der Waals surface area contributed by atoms with E-state index in [1.807, 2.05) is 0 Å². The molecule has 0 spiro atoms. The van der Waals surface area contributed by atoms with Crippen molar-refractivity contribution in [2.45, 2.75) is 6.42 Å². The predicted octanol–water partition coefficient (Wildman–Crippen LogP) is 3.20. The van der Waals surface area contributed by atoms with Crippen LogP contribution in [0.1, 0.15) is 6.42 Å². The van der Waals surface area contributed by atoms with Crippen LogP contribution in [-0.2, 0) is 0 Å². The van der Waals surface area contributed by atoms with Gasteiger partial charge in [-0.25, -0.2) is 0 Å². The summed E-state index contributed by atoms with van der Waals surface area (Å²) in [5.41, 5.74) is 1.32. The van der Waals surface area contributed by atoms with Crippen LogP contribution in [0.4, 0.5) is 5.69 Å². The van der Waals surface area contributed by atoms with Crippen molar-refractivity contribution in [3.8, 4) is 0 Å². The molecule has 1 saturated heterocycles. The fraction of sp³-hybridized carbons (Fsp3) is 0.538. The Balaban J connectivity index is 1.86. The second-order valence-corrected chi connectivity index (χ2v) is 5.64. The number of alkyl halides is 1. The van der Waals surface area contributed by atoms with Gasteiger partial charge in [-0.05, 0) is 31.2 Å². The summed E-state index contributed by atoms with van der Waals surface area (Å²) in [5.74, 6) is 0.770. The Morgan fingerprint density at radius 3 is 2.59 bits per heavy atom. The molecule has 2 rings (SSSR count). The Hall–Kier alpha value is -0.250. The van der Waals surface area contributed by atoms with Crippen LogP contribution in [-0.4, -0.2) is 43.5 Å². The van der Waals surface area contributed by atoms with Crippen molar-refractivity contribution in [3.63, 3.8) is 0 Å². The molecule has 0 aromatic heterocycles. The topological polar surface area (TPSA) is 6.48 Å². The molecule has 4 heteroatoms. The number of benzene rings is 1. The molecule has 1 aromatic carbocycles. The van der Waals surface area contributed by atoms with Crippen LogP contribution in [0.2, 0.25) is 0 Å². The van der Waals surface area contributed by atoms with E-state index >= 15 is 0 Å². The molecule has 1 fully saturated rings. The van der Waals surface area contributed by atoms with Crippen molar-refractivity contribution in [1.82, 2.24) is 4.90 Å². The fourth-order valence-electron chi connectivity index (χ4n) is 2.19. The van der Waals surface area contributed by atoms with Gasteiger partial charge in [0.25, 0.3) is 0 Å². The summed E-state index contributed by atoms with van der Waals surface area (Å²) in [5, 5.41) is 0. The van der Waals surface area contributed by atoms with Gasteiger partial charge in [-0.2, -0.15) is 0 Å². The minimum atomic E-state index is 0.770. The average molecular weight is 318 g/mol. The first-order valence-corrected chi connectivity index (χ1v) is 7.41. The monoisotopic (exact) mass is 316 g/mol. The van der Waals surface area contributed by atoms with E-state index in [9.17, 15) is 0 Å². The van der Waals surface area contributed by atoms with Gasteiger partial charge in [-0.15, -0.1) is 11.6 Å². The van der Waals surface area contributed by atoms with Crippen molar-refractivity contribution in [1.29, 1.82) is 0 Å². The van der Waals surface area contributed by atoms with Crippen LogP contribution < -0.4 is 4.90 Å². The molecular weight excluding hydrogens is 300 g/mol. The van der Waals surface area contributed by atoms with Gasteiger partial charge in [0.15, 0.2) is 0 Å². The summed E-state index contributed by atoms with van der Waals surface area (Å²) < 4.78 is 1.15. The summed E-state index contributed by atoms with van der Waals surface area (Å²) in [6.45, 7) is 5.64. The zero-order valence-electron chi connectivity index (χ0n) is 9.91. The molecule has 0 aliphatic carbocycles. The Morgan fingerprint density at radius 1 is 1.18 bits per heavy atom. The zero-order valence-corrected chi connectivity index (χ0v) is 12.3. The molecule has 1 aromatic rings. The Labute approximate surface area is 117 Å². The lowest BCUT2D eigenvalue weighted by Gasteiger charge is -2.36. The molecule has 1 aliphatic rings. The van der Waals surface area contributed by atoms with Gasteiger partial charge >= 0.3 is 0 Å². The number of halogens is 2. The van der Waals surface area contributed by atoms with Crippen LogP contribution in [0.15, 0.2) is 28.7 Å². The zero-order chi connectivity index (χ0) is 12.1. The van der Waals surface area contributed by atoms with E-state index in [1.165, 1.54) is 5.69 Å². The van der Waals surface area contributed by atoms with Crippen LogP contribution in [0, 0.1) is 0 Å². The van der Waals surface area contributed by atoms with Crippen molar-refractivity contribution >= 4 is 33.2 Å². The summed E-state index contributed by atoms with van der Waals surface area (Å²) in [7, 11) is 0. The minimum absolute atomic E-state index is 0.770. The highest BCUT2D eigenvalue weighted by atomic mass is 79.9. The lowest BCUT2D eigenvalue weighted by atomic mass is 10.2. The molecule has 0 bridgehead atoms. The summed E-state index contributed by atoms with van der Waals surface area (Å²) in [4.78, 5) is 4.94. The van der Waals surface area contributed by atoms with E-state index in [0.29, 0.717) is 0 Å². The van der Waals surface area contributed by atoms with Gasteiger partial charge in [0.1, 0.15) is 0 Å². The first-order valence-electron chi connectivity index (χ1n) is 6.08. The quantitative estimate of drug-likeness (QED) is 0.787. The van der Waals surface area contributed by atoms with Gasteiger partial charge < -0.3 is 4.90 Å². The molecule has 1 heterocycles. The highest BCUT2D eigenvalue weighted by Gasteiger charge is 2.16. The molecule has 0 atom stereocenters. The highest BCUT2D eigenvalue weighted by molar-refractivity contribution is 9.10. The standard InChI is InChI=1S/C13H18BrClN2/c14-12-3-1-4-13(11-12)17-9-7-16(8-10-17)6-2-5-15/h1,3-4,11H,2,5-10H2. The molecule has 1 aliphatic heterocycles. The third-order valence-electron chi connectivity index (χ3n) is 3.15. The molecule has 2 nitrogen and oxygen atoms in total. The van der Waals surface area contributed by atoms with Gasteiger partial charge in [0, 0.05) is 42.2 Å². The smallest absolute Gasteiger partial charge is 0.0378 e. The maximum absolute atomic E-state index is 5.72. The number of piperazine rings is 1. The third-order valence-corrected chi connectivity index (χ3v) is 3.91. The number of hydrogen-bond donors (Lipinski definition) is 0. The first-order chi connectivity index (χ1) is 8.29. The van der Waals surface area contributed by atoms with Crippen molar-refractivity contribution in [2.24, 2.45) is 0 Å². The van der Waals surface area contributed by atoms with E-state index in [4.69, 9.17) is 11.6 Å². The molecule has 0 amide bonds. The molecule has 0 N–H and O–H groups in total. The van der Waals surface area contributed by atoms with E-state index < -0.39 is 0 Å². The van der Waals surface area contributed by atoms with Gasteiger partial charge in [0.05, 0.1) is 0 Å². The second kappa shape index (κ2) is 6.62. The van der Waals surface area contributed by atoms with Crippen LogP contribution in [0.25, 0.3) is 0 Å². The number of hydrogen-bond acceptors (Lipinski definition) is 2. The van der Waals surface area contributed by atoms with Gasteiger partial charge in [0.2, 0.25) is 0 Å². The predicted molar refractivity (Wildman–Crippen MR) is 78.1 cm³/mol. The first kappa shape index (κ1) is 13.2. The fourth-order valence-corrected chi connectivity index (χ4v) is 2.69. The molecule has 94 valence electrons. The normalized spacial score (nSPS) is 17.4. The van der Waals surface area contributed by atoms with Gasteiger partial charge in [-0.3, -0.25) is 4.90 Å². The van der Waals surface area contributed by atoms with E-state index in [1.54, 1.807) is 0 Å². The maximum Gasteiger partial charge on any atom is 0.0378 e. The molecule has 0 saturated carbocycles. The maximum atomic E-state index is 5.72. The van der Waals surface area contributed by atoms with Crippen molar-refractivity contribution in [2.75, 3.05) is 43.5 Å². The lowest BCUT2D eigenvalue weighted by molar-refractivity contribution is 0.259. The Bertz CT molecular complexity index is 351. The molecule has 17 heavy (non-hydrogen) atoms. The highest BCUT2D eigenvalue weighted by Crippen LogP contribution is 2.21. The van der Waals surface area contributed by atoms with E-state index in [-0.39, 0.29) is 0 Å². The summed E-state index contributed by atoms with van der Waals surface area (Å²) in [6.07, 6.45) is 1.10. The molecule has 0 unspecified atom stereocenters. The largest absolute Gasteiger partial charge is 0.369 e. The van der Waals surface area contributed by atoms with Crippen LogP contribution >= 0.6 is 27.5 Å². The van der Waals surface area contributed by atoms with Gasteiger partial charge in [-0.1, -0.05) is 22.0 Å². The summed E-state index contributed by atoms with van der Waals surface area (Å²) in [6, 6.07) is 8.53. The minimum Gasteiger partial charge on any atom is -0.369 e. The third kappa shape index (κ3) is 3.87. The number of anilines is 1. The number of rotatable bonds is 4. The van der Waals surface area contributed by atoms with Crippen molar-refractivity contribution < 1.29 is 0 Å². The Morgan fingerprint density at radius 2 is 1.94 bits per heavy atom. The second-order valence-electron chi connectivity index (χ2n) is 4.35. The van der Waals surface area contributed by atoms with E-state index in [0.717, 1.165) is 49.5 Å². The lowest BCUT2D eigenvalue weighted by Crippen LogP contribution is -2.46.